The highest BCUT2D eigenvalue weighted by Crippen LogP contribution is 2.34. The number of benzene rings is 1. The van der Waals surface area contributed by atoms with Crippen LogP contribution in [0.15, 0.2) is 34.2 Å². The number of carbonyl (C=O) groups excluding carboxylic acids is 1. The normalized spacial score (nSPS) is 16.4. The van der Waals surface area contributed by atoms with E-state index in [-0.39, 0.29) is 17.7 Å². The van der Waals surface area contributed by atoms with Gasteiger partial charge in [-0.25, -0.2) is 9.37 Å². The minimum atomic E-state index is -4.86. The van der Waals surface area contributed by atoms with Crippen LogP contribution in [0.4, 0.5) is 23.2 Å². The van der Waals surface area contributed by atoms with E-state index in [1.165, 1.54) is 22.4 Å². The van der Waals surface area contributed by atoms with E-state index in [0.29, 0.717) is 28.7 Å². The summed E-state index contributed by atoms with van der Waals surface area (Å²) < 4.78 is 52.9. The molecule has 3 rings (SSSR count). The van der Waals surface area contributed by atoms with E-state index in [1.54, 1.807) is 6.92 Å². The van der Waals surface area contributed by atoms with E-state index >= 15 is 0 Å². The van der Waals surface area contributed by atoms with Crippen molar-refractivity contribution >= 4 is 23.4 Å². The Morgan fingerprint density at radius 3 is 2.81 bits per heavy atom. The second-order valence-electron chi connectivity index (χ2n) is 5.80. The molecule has 0 unspecified atom stereocenters. The van der Waals surface area contributed by atoms with Crippen LogP contribution in [0.5, 0.6) is 0 Å². The number of thioether (sulfide) groups is 1. The molecule has 1 amide bonds. The lowest BCUT2D eigenvalue weighted by Crippen LogP contribution is -2.27. The minimum absolute atomic E-state index is 0.108. The van der Waals surface area contributed by atoms with Gasteiger partial charge in [0, 0.05) is 29.6 Å². The average molecular weight is 387 g/mol. The molecule has 1 aliphatic rings. The van der Waals surface area contributed by atoms with Crippen LogP contribution in [0.1, 0.15) is 23.7 Å². The fraction of sp³-hybridized carbons (Fsp3) is 0.312. The molecule has 0 fully saturated rings. The van der Waals surface area contributed by atoms with E-state index in [4.69, 9.17) is 0 Å². The van der Waals surface area contributed by atoms with Crippen molar-refractivity contribution in [1.82, 2.24) is 9.55 Å². The van der Waals surface area contributed by atoms with Gasteiger partial charge >= 0.3 is 6.18 Å². The van der Waals surface area contributed by atoms with Crippen LogP contribution in [0.3, 0.4) is 0 Å². The summed E-state index contributed by atoms with van der Waals surface area (Å²) in [6, 6.07) is 3.16. The fourth-order valence-electron chi connectivity index (χ4n) is 2.66. The van der Waals surface area contributed by atoms with Gasteiger partial charge < -0.3 is 5.32 Å². The molecular weight excluding hydrogens is 374 g/mol. The Morgan fingerprint density at radius 2 is 2.12 bits per heavy atom. The van der Waals surface area contributed by atoms with E-state index in [2.05, 4.69) is 10.3 Å². The zero-order valence-electron chi connectivity index (χ0n) is 13.4. The van der Waals surface area contributed by atoms with Crippen LogP contribution < -0.4 is 10.9 Å². The van der Waals surface area contributed by atoms with Gasteiger partial charge in [-0.15, -0.1) is 0 Å². The summed E-state index contributed by atoms with van der Waals surface area (Å²) in [6.07, 6.45) is -4.97. The number of carbonyl (C=O) groups is 1. The Kier molecular flexibility index (Phi) is 4.78. The number of anilines is 1. The summed E-state index contributed by atoms with van der Waals surface area (Å²) in [7, 11) is 0. The first kappa shape index (κ1) is 18.4. The highest BCUT2D eigenvalue weighted by molar-refractivity contribution is 7.99. The Morgan fingerprint density at radius 1 is 1.38 bits per heavy atom. The van der Waals surface area contributed by atoms with E-state index in [1.807, 2.05) is 0 Å². The van der Waals surface area contributed by atoms with Crippen LogP contribution in [0, 0.1) is 12.7 Å². The molecule has 5 nitrogen and oxygen atoms in total. The number of fused-ring (bicyclic) bond motifs is 1. The van der Waals surface area contributed by atoms with Gasteiger partial charge in [-0.3, -0.25) is 14.2 Å². The predicted molar refractivity (Wildman–Crippen MR) is 87.6 cm³/mol. The summed E-state index contributed by atoms with van der Waals surface area (Å²) in [5, 5.41) is 2.83. The molecule has 0 spiro atoms. The largest absolute Gasteiger partial charge is 0.419 e. The first-order valence-electron chi connectivity index (χ1n) is 7.55. The summed E-state index contributed by atoms with van der Waals surface area (Å²) in [5.41, 5.74) is -1.32. The highest BCUT2D eigenvalue weighted by Gasteiger charge is 2.34. The van der Waals surface area contributed by atoms with E-state index < -0.39 is 29.5 Å². The predicted octanol–water partition coefficient (Wildman–Crippen LogP) is 3.39. The molecule has 1 N–H and O–H groups in total. The third kappa shape index (κ3) is 3.74. The molecule has 26 heavy (non-hydrogen) atoms. The lowest BCUT2D eigenvalue weighted by molar-refractivity contribution is -0.140. The van der Waals surface area contributed by atoms with Crippen molar-refractivity contribution in [2.75, 3.05) is 11.1 Å². The fourth-order valence-corrected chi connectivity index (χ4v) is 3.85. The topological polar surface area (TPSA) is 64.0 Å². The lowest BCUT2D eigenvalue weighted by Gasteiger charge is -2.14. The standard InChI is InChI=1S/C16H13F4N3O2S/c1-8-4-14(25)23-10(7-26-15(23)21-8)6-13(24)22-9-2-3-12(17)11(5-9)16(18,19)20/h2-5,10H,6-7H2,1H3,(H,22,24)/t10-/m1/s1. The van der Waals surface area contributed by atoms with Crippen LogP contribution in [0.25, 0.3) is 0 Å². The van der Waals surface area contributed by atoms with Gasteiger partial charge in [-0.2, -0.15) is 13.2 Å². The molecule has 0 saturated heterocycles. The van der Waals surface area contributed by atoms with Gasteiger partial charge in [0.15, 0.2) is 5.16 Å². The van der Waals surface area contributed by atoms with Gasteiger partial charge in [0.2, 0.25) is 5.91 Å². The van der Waals surface area contributed by atoms with Gasteiger partial charge in [0.25, 0.3) is 5.56 Å². The zero-order chi connectivity index (χ0) is 19.1. The van der Waals surface area contributed by atoms with Crippen LogP contribution >= 0.6 is 11.8 Å². The summed E-state index contributed by atoms with van der Waals surface area (Å²) >= 11 is 1.33. The van der Waals surface area contributed by atoms with Crippen molar-refractivity contribution in [2.24, 2.45) is 0 Å². The SMILES string of the molecule is Cc1cc(=O)n2c(n1)SC[C@H]2CC(=O)Nc1ccc(F)c(C(F)(F)F)c1. The number of hydrogen-bond acceptors (Lipinski definition) is 4. The number of alkyl halides is 3. The van der Waals surface area contributed by atoms with Crippen molar-refractivity contribution in [1.29, 1.82) is 0 Å². The number of nitrogens with one attached hydrogen (secondary N) is 1. The molecule has 2 heterocycles. The van der Waals surface area contributed by atoms with Crippen molar-refractivity contribution in [2.45, 2.75) is 30.7 Å². The van der Waals surface area contributed by atoms with Crippen molar-refractivity contribution in [3.05, 3.63) is 51.7 Å². The van der Waals surface area contributed by atoms with Crippen molar-refractivity contribution in [3.63, 3.8) is 0 Å². The number of hydrogen-bond donors (Lipinski definition) is 1. The Bertz CT molecular complexity index is 927. The highest BCUT2D eigenvalue weighted by atomic mass is 32.2. The maximum atomic E-state index is 13.3. The molecule has 0 saturated carbocycles. The summed E-state index contributed by atoms with van der Waals surface area (Å²) in [4.78, 5) is 28.5. The van der Waals surface area contributed by atoms with Gasteiger partial charge in [0.1, 0.15) is 5.82 Å². The molecule has 138 valence electrons. The first-order chi connectivity index (χ1) is 12.1. The Balaban J connectivity index is 1.75. The van der Waals surface area contributed by atoms with Crippen LogP contribution in [0.2, 0.25) is 0 Å². The molecule has 0 aliphatic carbocycles. The monoisotopic (exact) mass is 387 g/mol. The minimum Gasteiger partial charge on any atom is -0.326 e. The molecular formula is C16H13F4N3O2S. The maximum Gasteiger partial charge on any atom is 0.419 e. The zero-order valence-corrected chi connectivity index (χ0v) is 14.2. The Hall–Kier alpha value is -2.36. The van der Waals surface area contributed by atoms with E-state index in [9.17, 15) is 27.2 Å². The van der Waals surface area contributed by atoms with Gasteiger partial charge in [-0.1, -0.05) is 11.8 Å². The number of aryl methyl sites for hydroxylation is 1. The quantitative estimate of drug-likeness (QED) is 0.648. The van der Waals surface area contributed by atoms with Gasteiger partial charge in [-0.05, 0) is 25.1 Å². The number of halogens is 4. The molecule has 1 aromatic heterocycles. The molecule has 0 radical (unpaired) electrons. The molecule has 1 atom stereocenters. The molecule has 10 heteroatoms. The first-order valence-corrected chi connectivity index (χ1v) is 8.53. The third-order valence-corrected chi connectivity index (χ3v) is 4.89. The van der Waals surface area contributed by atoms with Crippen LogP contribution in [-0.2, 0) is 11.0 Å². The summed E-state index contributed by atoms with van der Waals surface area (Å²) in [6.45, 7) is 1.69. The smallest absolute Gasteiger partial charge is 0.326 e. The number of aromatic nitrogens is 2. The van der Waals surface area contributed by atoms with Crippen molar-refractivity contribution in [3.8, 4) is 0 Å². The number of amides is 1. The molecule has 0 bridgehead atoms. The van der Waals surface area contributed by atoms with E-state index in [0.717, 1.165) is 6.07 Å². The Labute approximate surface area is 149 Å². The second kappa shape index (κ2) is 6.75. The third-order valence-electron chi connectivity index (χ3n) is 3.79. The summed E-state index contributed by atoms with van der Waals surface area (Å²) in [5.74, 6) is -1.53. The molecule has 1 aromatic carbocycles. The molecule has 1 aliphatic heterocycles. The lowest BCUT2D eigenvalue weighted by atomic mass is 10.1. The van der Waals surface area contributed by atoms with Crippen molar-refractivity contribution < 1.29 is 22.4 Å². The number of rotatable bonds is 3. The average Bonchev–Trinajstić information content (AvgIpc) is 2.90. The number of nitrogens with zero attached hydrogens (tertiary/aromatic N) is 2. The van der Waals surface area contributed by atoms with Gasteiger partial charge in [0.05, 0.1) is 11.6 Å². The molecule has 2 aromatic rings. The van der Waals surface area contributed by atoms with Crippen LogP contribution in [-0.4, -0.2) is 21.2 Å². The second-order valence-corrected chi connectivity index (χ2v) is 6.79. The maximum absolute atomic E-state index is 13.3.